The highest BCUT2D eigenvalue weighted by atomic mass is 35.5. The lowest BCUT2D eigenvalue weighted by molar-refractivity contribution is 0.0783. The Kier molecular flexibility index (Phi) is 3.81. The minimum atomic E-state index is -3.50. The zero-order chi connectivity index (χ0) is 15.3. The molecule has 1 aliphatic carbocycles. The molecule has 0 radical (unpaired) electrons. The Balaban J connectivity index is 1.81. The second-order valence-electron chi connectivity index (χ2n) is 6.33. The van der Waals surface area contributed by atoms with Crippen LogP contribution in [0.25, 0.3) is 0 Å². The highest BCUT2D eigenvalue weighted by Gasteiger charge is 2.47. The Morgan fingerprint density at radius 2 is 1.90 bits per heavy atom. The molecule has 1 saturated carbocycles. The largest absolute Gasteiger partial charge is 0.293 e. The van der Waals surface area contributed by atoms with E-state index in [4.69, 9.17) is 11.6 Å². The number of hydrogen-bond acceptors (Lipinski definition) is 3. The van der Waals surface area contributed by atoms with Crippen LogP contribution in [-0.2, 0) is 10.0 Å². The number of benzene rings is 1. The summed E-state index contributed by atoms with van der Waals surface area (Å²) >= 11 is 6.06. The molecule has 2 fully saturated rings. The second-order valence-corrected chi connectivity index (χ2v) is 8.65. The van der Waals surface area contributed by atoms with Gasteiger partial charge in [-0.3, -0.25) is 4.90 Å². The van der Waals surface area contributed by atoms with Gasteiger partial charge < -0.3 is 0 Å². The summed E-state index contributed by atoms with van der Waals surface area (Å²) in [7, 11) is -3.50. The molecule has 1 aliphatic heterocycles. The monoisotopic (exact) mass is 328 g/mol. The highest BCUT2D eigenvalue weighted by Crippen LogP contribution is 2.43. The van der Waals surface area contributed by atoms with Crippen LogP contribution in [0, 0.1) is 0 Å². The van der Waals surface area contributed by atoms with Crippen molar-refractivity contribution >= 4 is 21.6 Å². The quantitative estimate of drug-likeness (QED) is 0.856. The molecule has 0 unspecified atom stereocenters. The first-order chi connectivity index (χ1) is 9.84. The third-order valence-corrected chi connectivity index (χ3v) is 7.08. The van der Waals surface area contributed by atoms with Crippen LogP contribution in [0.15, 0.2) is 29.2 Å². The fourth-order valence-electron chi connectivity index (χ4n) is 3.21. The molecule has 116 valence electrons. The zero-order valence-electron chi connectivity index (χ0n) is 12.4. The molecule has 0 aromatic heterocycles. The molecule has 1 aromatic rings. The Bertz CT molecular complexity index is 643. The van der Waals surface area contributed by atoms with Crippen molar-refractivity contribution in [2.75, 3.05) is 19.6 Å². The average molecular weight is 329 g/mol. The molecule has 2 aliphatic rings. The van der Waals surface area contributed by atoms with E-state index in [1.165, 1.54) is 12.8 Å². The van der Waals surface area contributed by atoms with E-state index in [2.05, 4.69) is 18.7 Å². The van der Waals surface area contributed by atoms with Crippen LogP contribution >= 0.6 is 11.6 Å². The number of halogens is 1. The van der Waals surface area contributed by atoms with Gasteiger partial charge in [-0.05, 0) is 38.8 Å². The number of nitrogens with zero attached hydrogens (tertiary/aromatic N) is 2. The van der Waals surface area contributed by atoms with Gasteiger partial charge in [0.15, 0.2) is 0 Å². The van der Waals surface area contributed by atoms with E-state index in [9.17, 15) is 8.42 Å². The van der Waals surface area contributed by atoms with Crippen molar-refractivity contribution in [1.29, 1.82) is 0 Å². The Morgan fingerprint density at radius 1 is 1.24 bits per heavy atom. The Hall–Kier alpha value is -0.620. The summed E-state index contributed by atoms with van der Waals surface area (Å²) in [6.45, 7) is 6.23. The topological polar surface area (TPSA) is 40.6 Å². The molecule has 1 heterocycles. The molecule has 21 heavy (non-hydrogen) atoms. The Morgan fingerprint density at radius 3 is 2.48 bits per heavy atom. The van der Waals surface area contributed by atoms with Gasteiger partial charge in [0.2, 0.25) is 10.0 Å². The van der Waals surface area contributed by atoms with Crippen LogP contribution in [0.1, 0.15) is 26.7 Å². The number of sulfonamides is 1. The lowest BCUT2D eigenvalue weighted by Gasteiger charge is -2.42. The standard InChI is InChI=1S/C15H21ClN2O2S/c1-12-11-17(9-10-18(12)15(2)7-8-15)21(19,20)14-6-4-3-5-13(14)16/h3-6,12H,7-11H2,1-2H3/t12-/m0/s1. The van der Waals surface area contributed by atoms with Gasteiger partial charge in [-0.15, -0.1) is 0 Å². The van der Waals surface area contributed by atoms with E-state index >= 15 is 0 Å². The van der Waals surface area contributed by atoms with Crippen molar-refractivity contribution in [1.82, 2.24) is 9.21 Å². The maximum atomic E-state index is 12.7. The SMILES string of the molecule is C[C@H]1CN(S(=O)(=O)c2ccccc2Cl)CCN1C1(C)CC1. The van der Waals surface area contributed by atoms with Crippen LogP contribution < -0.4 is 0 Å². The maximum absolute atomic E-state index is 12.7. The van der Waals surface area contributed by atoms with Crippen LogP contribution in [0.3, 0.4) is 0 Å². The van der Waals surface area contributed by atoms with E-state index in [-0.39, 0.29) is 10.9 Å². The first-order valence-electron chi connectivity index (χ1n) is 7.36. The molecule has 0 bridgehead atoms. The molecular formula is C15H21ClN2O2S. The van der Waals surface area contributed by atoms with Gasteiger partial charge in [0, 0.05) is 31.2 Å². The van der Waals surface area contributed by atoms with Crippen molar-refractivity contribution < 1.29 is 8.42 Å². The highest BCUT2D eigenvalue weighted by molar-refractivity contribution is 7.89. The Labute approximate surface area is 131 Å². The summed E-state index contributed by atoms with van der Waals surface area (Å²) < 4.78 is 27.1. The molecule has 0 spiro atoms. The van der Waals surface area contributed by atoms with E-state index in [1.807, 2.05) is 0 Å². The predicted molar refractivity (Wildman–Crippen MR) is 84.0 cm³/mol. The first-order valence-corrected chi connectivity index (χ1v) is 9.18. The third-order valence-electron chi connectivity index (χ3n) is 4.71. The maximum Gasteiger partial charge on any atom is 0.244 e. The van der Waals surface area contributed by atoms with Crippen LogP contribution in [0.5, 0.6) is 0 Å². The lowest BCUT2D eigenvalue weighted by atomic mass is 10.1. The molecule has 0 amide bonds. The normalized spacial score (nSPS) is 26.7. The first kappa shape index (κ1) is 15.3. The molecule has 4 nitrogen and oxygen atoms in total. The van der Waals surface area contributed by atoms with Crippen molar-refractivity contribution in [3.8, 4) is 0 Å². The smallest absolute Gasteiger partial charge is 0.244 e. The summed E-state index contributed by atoms with van der Waals surface area (Å²) in [5.74, 6) is 0. The van der Waals surface area contributed by atoms with Crippen molar-refractivity contribution in [2.24, 2.45) is 0 Å². The molecule has 6 heteroatoms. The number of hydrogen-bond donors (Lipinski definition) is 0. The molecule has 1 saturated heterocycles. The third kappa shape index (κ3) is 2.72. The van der Waals surface area contributed by atoms with Crippen LogP contribution in [0.2, 0.25) is 5.02 Å². The predicted octanol–water partition coefficient (Wildman–Crippen LogP) is 2.59. The van der Waals surface area contributed by atoms with E-state index in [0.29, 0.717) is 23.7 Å². The summed E-state index contributed by atoms with van der Waals surface area (Å²) in [5, 5.41) is 0.293. The fraction of sp³-hybridized carbons (Fsp3) is 0.600. The number of piperazine rings is 1. The van der Waals surface area contributed by atoms with Gasteiger partial charge in [0.25, 0.3) is 0 Å². The summed E-state index contributed by atoms with van der Waals surface area (Å²) in [6, 6.07) is 6.90. The van der Waals surface area contributed by atoms with Gasteiger partial charge in [-0.2, -0.15) is 4.31 Å². The van der Waals surface area contributed by atoms with E-state index < -0.39 is 10.0 Å². The van der Waals surface area contributed by atoms with Crippen molar-refractivity contribution in [3.05, 3.63) is 29.3 Å². The number of rotatable bonds is 3. The van der Waals surface area contributed by atoms with Crippen molar-refractivity contribution in [2.45, 2.75) is 43.2 Å². The molecule has 1 atom stereocenters. The van der Waals surface area contributed by atoms with Crippen LogP contribution in [-0.4, -0.2) is 48.8 Å². The minimum Gasteiger partial charge on any atom is -0.293 e. The summed E-state index contributed by atoms with van der Waals surface area (Å²) in [5.41, 5.74) is 0.291. The second kappa shape index (κ2) is 5.23. The van der Waals surface area contributed by atoms with Gasteiger partial charge >= 0.3 is 0 Å². The fourth-order valence-corrected chi connectivity index (χ4v) is 5.21. The zero-order valence-corrected chi connectivity index (χ0v) is 14.0. The summed E-state index contributed by atoms with van der Waals surface area (Å²) in [6.07, 6.45) is 2.43. The average Bonchev–Trinajstić information content (AvgIpc) is 3.17. The van der Waals surface area contributed by atoms with Gasteiger partial charge in [-0.25, -0.2) is 8.42 Å². The molecule has 1 aromatic carbocycles. The van der Waals surface area contributed by atoms with Gasteiger partial charge in [0.1, 0.15) is 4.90 Å². The molecular weight excluding hydrogens is 308 g/mol. The van der Waals surface area contributed by atoms with Crippen LogP contribution in [0.4, 0.5) is 0 Å². The lowest BCUT2D eigenvalue weighted by Crippen LogP contribution is -2.56. The summed E-state index contributed by atoms with van der Waals surface area (Å²) in [4.78, 5) is 2.66. The molecule has 3 rings (SSSR count). The van der Waals surface area contributed by atoms with Crippen molar-refractivity contribution in [3.63, 3.8) is 0 Å². The van der Waals surface area contributed by atoms with E-state index in [1.54, 1.807) is 28.6 Å². The van der Waals surface area contributed by atoms with E-state index in [0.717, 1.165) is 6.54 Å². The minimum absolute atomic E-state index is 0.213. The van der Waals surface area contributed by atoms with Gasteiger partial charge in [0.05, 0.1) is 5.02 Å². The van der Waals surface area contributed by atoms with Gasteiger partial charge in [-0.1, -0.05) is 23.7 Å². The molecule has 0 N–H and O–H groups in total.